The molecule has 2 heterocycles. The van der Waals surface area contributed by atoms with E-state index in [4.69, 9.17) is 0 Å². The van der Waals surface area contributed by atoms with Crippen LogP contribution in [0, 0.1) is 0 Å². The Morgan fingerprint density at radius 3 is 2.59 bits per heavy atom. The van der Waals surface area contributed by atoms with Crippen molar-refractivity contribution in [2.24, 2.45) is 0 Å². The maximum absolute atomic E-state index is 12.3. The van der Waals surface area contributed by atoms with Crippen molar-refractivity contribution in [2.45, 2.75) is 12.7 Å². The molecule has 0 unspecified atom stereocenters. The quantitative estimate of drug-likeness (QED) is 0.742. The van der Waals surface area contributed by atoms with Crippen molar-refractivity contribution in [3.8, 4) is 5.75 Å². The van der Waals surface area contributed by atoms with Crippen molar-refractivity contribution in [2.75, 3.05) is 6.61 Å². The summed E-state index contributed by atoms with van der Waals surface area (Å²) in [5, 5.41) is 2.58. The van der Waals surface area contributed by atoms with Crippen LogP contribution in [-0.4, -0.2) is 28.1 Å². The second kappa shape index (κ2) is 7.48. The number of hydrogen-bond acceptors (Lipinski definition) is 4. The highest BCUT2D eigenvalue weighted by molar-refractivity contribution is 5.93. The van der Waals surface area contributed by atoms with Gasteiger partial charge >= 0.3 is 6.18 Å². The fourth-order valence-corrected chi connectivity index (χ4v) is 2.33. The third-order valence-electron chi connectivity index (χ3n) is 3.64. The van der Waals surface area contributed by atoms with Crippen LogP contribution in [0.4, 0.5) is 13.2 Å². The van der Waals surface area contributed by atoms with Gasteiger partial charge in [-0.25, -0.2) is 4.98 Å². The molecular formula is C18H14F3N3O3. The topological polar surface area (TPSA) is 72.7 Å². The average Bonchev–Trinajstić information content (AvgIpc) is 2.65. The lowest BCUT2D eigenvalue weighted by Gasteiger charge is -2.10. The molecular weight excluding hydrogens is 363 g/mol. The Hall–Kier alpha value is -3.36. The molecule has 0 fully saturated rings. The third kappa shape index (κ3) is 4.63. The monoisotopic (exact) mass is 377 g/mol. The van der Waals surface area contributed by atoms with Crippen molar-refractivity contribution in [1.29, 1.82) is 0 Å². The molecule has 0 atom stereocenters. The first-order chi connectivity index (χ1) is 12.8. The molecule has 27 heavy (non-hydrogen) atoms. The van der Waals surface area contributed by atoms with Gasteiger partial charge in [0.1, 0.15) is 17.0 Å². The van der Waals surface area contributed by atoms with E-state index < -0.39 is 24.2 Å². The van der Waals surface area contributed by atoms with Crippen molar-refractivity contribution < 1.29 is 22.7 Å². The van der Waals surface area contributed by atoms with Gasteiger partial charge in [-0.2, -0.15) is 13.2 Å². The van der Waals surface area contributed by atoms with Gasteiger partial charge in [0, 0.05) is 18.9 Å². The van der Waals surface area contributed by atoms with Crippen molar-refractivity contribution >= 4 is 11.6 Å². The van der Waals surface area contributed by atoms with E-state index >= 15 is 0 Å². The summed E-state index contributed by atoms with van der Waals surface area (Å²) in [5.74, 6) is -0.525. The lowest BCUT2D eigenvalue weighted by molar-refractivity contribution is -0.153. The number of ether oxygens (including phenoxy) is 1. The number of halogens is 3. The Morgan fingerprint density at radius 2 is 1.89 bits per heavy atom. The Morgan fingerprint density at radius 1 is 1.15 bits per heavy atom. The summed E-state index contributed by atoms with van der Waals surface area (Å²) in [7, 11) is 0. The van der Waals surface area contributed by atoms with Crippen molar-refractivity contribution in [1.82, 2.24) is 14.7 Å². The van der Waals surface area contributed by atoms with E-state index in [1.807, 2.05) is 0 Å². The number of aromatic nitrogens is 2. The lowest BCUT2D eigenvalue weighted by Crippen LogP contribution is -2.31. The Kier molecular flexibility index (Phi) is 5.11. The SMILES string of the molecule is O=C(NCc1ccc(OCC(F)(F)F)cc1)c1cnc2ccccn2c1=O. The van der Waals surface area contributed by atoms with E-state index in [9.17, 15) is 22.8 Å². The van der Waals surface area contributed by atoms with Gasteiger partial charge in [0.25, 0.3) is 11.5 Å². The van der Waals surface area contributed by atoms with Crippen LogP contribution in [0.15, 0.2) is 59.7 Å². The van der Waals surface area contributed by atoms with Gasteiger partial charge in [-0.05, 0) is 29.8 Å². The summed E-state index contributed by atoms with van der Waals surface area (Å²) < 4.78 is 42.2. The highest BCUT2D eigenvalue weighted by Gasteiger charge is 2.28. The Balaban J connectivity index is 1.64. The van der Waals surface area contributed by atoms with Crippen LogP contribution in [0.2, 0.25) is 0 Å². The first-order valence-corrected chi connectivity index (χ1v) is 7.86. The van der Waals surface area contributed by atoms with Crippen LogP contribution in [0.25, 0.3) is 5.65 Å². The van der Waals surface area contributed by atoms with E-state index in [-0.39, 0.29) is 17.9 Å². The van der Waals surface area contributed by atoms with Crippen LogP contribution < -0.4 is 15.6 Å². The molecule has 1 N–H and O–H groups in total. The molecule has 140 valence electrons. The summed E-state index contributed by atoms with van der Waals surface area (Å²) in [6.45, 7) is -1.28. The maximum Gasteiger partial charge on any atom is 0.422 e. The molecule has 3 aromatic rings. The minimum absolute atomic E-state index is 0.0689. The highest BCUT2D eigenvalue weighted by atomic mass is 19.4. The zero-order valence-electron chi connectivity index (χ0n) is 13.9. The van der Waals surface area contributed by atoms with Crippen LogP contribution in [0.5, 0.6) is 5.75 Å². The first-order valence-electron chi connectivity index (χ1n) is 7.86. The van der Waals surface area contributed by atoms with Gasteiger partial charge in [-0.1, -0.05) is 18.2 Å². The molecule has 0 spiro atoms. The van der Waals surface area contributed by atoms with E-state index in [2.05, 4.69) is 15.0 Å². The zero-order chi connectivity index (χ0) is 19.4. The number of alkyl halides is 3. The smallest absolute Gasteiger partial charge is 0.422 e. The molecule has 0 aliphatic carbocycles. The fourth-order valence-electron chi connectivity index (χ4n) is 2.33. The van der Waals surface area contributed by atoms with Gasteiger partial charge in [0.2, 0.25) is 0 Å². The molecule has 0 saturated heterocycles. The molecule has 0 radical (unpaired) electrons. The standard InChI is InChI=1S/C18H14F3N3O3/c19-18(20,21)11-27-13-6-4-12(5-7-13)9-23-16(25)14-10-22-15-3-1-2-8-24(15)17(14)26/h1-8,10H,9,11H2,(H,23,25). The number of pyridine rings is 1. The average molecular weight is 377 g/mol. The van der Waals surface area contributed by atoms with Crippen LogP contribution in [0.1, 0.15) is 15.9 Å². The molecule has 2 aromatic heterocycles. The normalized spacial score (nSPS) is 11.4. The van der Waals surface area contributed by atoms with Crippen LogP contribution >= 0.6 is 0 Å². The summed E-state index contributed by atoms with van der Waals surface area (Å²) in [5.41, 5.74) is 0.461. The second-order valence-corrected chi connectivity index (χ2v) is 5.64. The van der Waals surface area contributed by atoms with E-state index in [1.54, 1.807) is 18.2 Å². The fraction of sp³-hybridized carbons (Fsp3) is 0.167. The molecule has 0 aliphatic heterocycles. The third-order valence-corrected chi connectivity index (χ3v) is 3.64. The Labute approximate surface area is 151 Å². The number of rotatable bonds is 5. The predicted molar refractivity (Wildman–Crippen MR) is 90.6 cm³/mol. The van der Waals surface area contributed by atoms with E-state index in [1.165, 1.54) is 41.1 Å². The number of nitrogens with zero attached hydrogens (tertiary/aromatic N) is 2. The number of carbonyl (C=O) groups excluding carboxylic acids is 1. The largest absolute Gasteiger partial charge is 0.484 e. The molecule has 9 heteroatoms. The minimum atomic E-state index is -4.41. The van der Waals surface area contributed by atoms with Crippen LogP contribution in [0.3, 0.4) is 0 Å². The predicted octanol–water partition coefficient (Wildman–Crippen LogP) is 2.57. The zero-order valence-corrected chi connectivity index (χ0v) is 13.9. The molecule has 1 amide bonds. The molecule has 0 saturated carbocycles. The number of hydrogen-bond donors (Lipinski definition) is 1. The summed E-state index contributed by atoms with van der Waals surface area (Å²) in [6.07, 6.45) is -1.68. The molecule has 0 bridgehead atoms. The number of fused-ring (bicyclic) bond motifs is 1. The van der Waals surface area contributed by atoms with E-state index in [0.29, 0.717) is 11.2 Å². The minimum Gasteiger partial charge on any atom is -0.484 e. The maximum atomic E-state index is 12.3. The van der Waals surface area contributed by atoms with Gasteiger partial charge in [0.15, 0.2) is 6.61 Å². The highest BCUT2D eigenvalue weighted by Crippen LogP contribution is 2.18. The number of benzene rings is 1. The molecule has 3 rings (SSSR count). The van der Waals surface area contributed by atoms with Gasteiger partial charge in [0.05, 0.1) is 0 Å². The summed E-state index contributed by atoms with van der Waals surface area (Å²) in [6, 6.07) is 10.8. The van der Waals surface area contributed by atoms with Crippen molar-refractivity contribution in [3.63, 3.8) is 0 Å². The van der Waals surface area contributed by atoms with Crippen molar-refractivity contribution in [3.05, 3.63) is 76.3 Å². The first kappa shape index (κ1) is 18.4. The Bertz CT molecular complexity index is 1010. The number of nitrogens with one attached hydrogen (secondary N) is 1. The summed E-state index contributed by atoms with van der Waals surface area (Å²) >= 11 is 0. The summed E-state index contributed by atoms with van der Waals surface area (Å²) in [4.78, 5) is 28.6. The lowest BCUT2D eigenvalue weighted by atomic mass is 10.2. The molecule has 6 nitrogen and oxygen atoms in total. The number of carbonyl (C=O) groups is 1. The molecule has 0 aliphatic rings. The number of amides is 1. The van der Waals surface area contributed by atoms with E-state index in [0.717, 1.165) is 0 Å². The van der Waals surface area contributed by atoms with Gasteiger partial charge in [-0.3, -0.25) is 14.0 Å². The molecule has 1 aromatic carbocycles. The van der Waals surface area contributed by atoms with Gasteiger partial charge in [-0.15, -0.1) is 0 Å². The van der Waals surface area contributed by atoms with Gasteiger partial charge < -0.3 is 10.1 Å². The van der Waals surface area contributed by atoms with Crippen LogP contribution in [-0.2, 0) is 6.54 Å². The second-order valence-electron chi connectivity index (χ2n) is 5.64.